The lowest BCUT2D eigenvalue weighted by molar-refractivity contribution is 0.296. The van der Waals surface area contributed by atoms with E-state index in [-0.39, 0.29) is 0 Å². The lowest BCUT2D eigenvalue weighted by Crippen LogP contribution is -1.98. The molecule has 0 atom stereocenters. The highest BCUT2D eigenvalue weighted by Gasteiger charge is 2.05. The van der Waals surface area contributed by atoms with Gasteiger partial charge in [0.1, 0.15) is 12.4 Å². The fourth-order valence-electron chi connectivity index (χ4n) is 1.45. The molecule has 2 aromatic rings. The molecule has 104 valence electrons. The topological polar surface area (TPSA) is 74.6 Å². The van der Waals surface area contributed by atoms with Crippen molar-refractivity contribution in [1.29, 1.82) is 5.26 Å². The molecule has 0 unspecified atom stereocenters. The predicted molar refractivity (Wildman–Crippen MR) is 77.9 cm³/mol. The Kier molecular flexibility index (Phi) is 5.27. The number of thioether (sulfide) groups is 1. The molecule has 0 spiro atoms. The molecule has 0 amide bonds. The van der Waals surface area contributed by atoms with Gasteiger partial charge in [0.05, 0.1) is 6.07 Å². The minimum absolute atomic E-state index is 0.312. The molecule has 20 heavy (non-hydrogen) atoms. The van der Waals surface area contributed by atoms with Gasteiger partial charge in [-0.25, -0.2) is 4.98 Å². The summed E-state index contributed by atoms with van der Waals surface area (Å²) in [6, 6.07) is 7.57. The first-order chi connectivity index (χ1) is 9.69. The van der Waals surface area contributed by atoms with Crippen molar-refractivity contribution in [3.8, 4) is 11.8 Å². The Balaban J connectivity index is 1.87. The van der Waals surface area contributed by atoms with Gasteiger partial charge in [-0.3, -0.25) is 5.10 Å². The summed E-state index contributed by atoms with van der Waals surface area (Å²) in [6.45, 7) is 2.24. The Morgan fingerprint density at radius 3 is 3.10 bits per heavy atom. The number of nitrogens with zero attached hydrogens (tertiary/aromatic N) is 3. The first kappa shape index (κ1) is 14.7. The van der Waals surface area contributed by atoms with Crippen molar-refractivity contribution in [2.24, 2.45) is 0 Å². The summed E-state index contributed by atoms with van der Waals surface area (Å²) in [5.41, 5.74) is 0.967. The maximum atomic E-state index is 8.46. The zero-order valence-corrected chi connectivity index (χ0v) is 12.5. The summed E-state index contributed by atoms with van der Waals surface area (Å²) in [4.78, 5) is 4.27. The summed E-state index contributed by atoms with van der Waals surface area (Å²) < 4.78 is 5.61. The highest BCUT2D eigenvalue weighted by molar-refractivity contribution is 7.99. The van der Waals surface area contributed by atoms with Crippen LogP contribution < -0.4 is 4.74 Å². The van der Waals surface area contributed by atoms with E-state index in [2.05, 4.69) is 21.3 Å². The van der Waals surface area contributed by atoms with Crippen LogP contribution in [0.15, 0.2) is 23.4 Å². The first-order valence-corrected chi connectivity index (χ1v) is 7.35. The summed E-state index contributed by atoms with van der Waals surface area (Å²) in [5.74, 6) is 2.07. The van der Waals surface area contributed by atoms with E-state index in [1.165, 1.54) is 11.8 Å². The molecule has 0 saturated carbocycles. The van der Waals surface area contributed by atoms with Crippen LogP contribution >= 0.6 is 23.4 Å². The molecule has 0 aliphatic rings. The number of rotatable bonds is 6. The zero-order valence-electron chi connectivity index (χ0n) is 10.9. The molecule has 1 N–H and O–H groups in total. The van der Waals surface area contributed by atoms with Gasteiger partial charge in [-0.15, -0.1) is 5.10 Å². The quantitative estimate of drug-likeness (QED) is 0.654. The number of nitriles is 1. The van der Waals surface area contributed by atoms with E-state index < -0.39 is 0 Å². The number of nitrogens with one attached hydrogen (secondary N) is 1. The maximum absolute atomic E-state index is 8.46. The molecule has 0 aliphatic carbocycles. The second kappa shape index (κ2) is 7.17. The van der Waals surface area contributed by atoms with Crippen molar-refractivity contribution in [1.82, 2.24) is 15.2 Å². The molecule has 1 aromatic carbocycles. The number of H-pyrrole nitrogens is 1. The SMILES string of the molecule is Cc1cc(OCc2nc(SCCC#N)n[nH]2)ccc1Cl. The molecule has 0 saturated heterocycles. The van der Waals surface area contributed by atoms with Crippen LogP contribution in [-0.2, 0) is 6.61 Å². The predicted octanol–water partition coefficient (Wildman–Crippen LogP) is 3.35. The Morgan fingerprint density at radius 1 is 1.50 bits per heavy atom. The van der Waals surface area contributed by atoms with Crippen molar-refractivity contribution in [2.45, 2.75) is 25.1 Å². The standard InChI is InChI=1S/C13H13ClN4OS/c1-9-7-10(3-4-11(9)14)19-8-12-16-13(18-17-12)20-6-2-5-15/h3-4,7H,2,6,8H2,1H3,(H,16,17,18). The minimum atomic E-state index is 0.312. The van der Waals surface area contributed by atoms with Crippen LogP contribution in [0.25, 0.3) is 0 Å². The average Bonchev–Trinajstić information content (AvgIpc) is 2.88. The molecular formula is C13H13ClN4OS. The number of aromatic nitrogens is 3. The second-order valence-corrected chi connectivity index (χ2v) is 5.49. The molecule has 1 heterocycles. The van der Waals surface area contributed by atoms with Crippen molar-refractivity contribution in [3.05, 3.63) is 34.6 Å². The Hall–Kier alpha value is -1.71. The number of benzene rings is 1. The lowest BCUT2D eigenvalue weighted by atomic mass is 10.2. The molecule has 0 fully saturated rings. The van der Waals surface area contributed by atoms with Crippen LogP contribution in [0, 0.1) is 18.3 Å². The normalized spacial score (nSPS) is 10.2. The van der Waals surface area contributed by atoms with Crippen LogP contribution in [0.1, 0.15) is 17.8 Å². The van der Waals surface area contributed by atoms with Gasteiger partial charge in [-0.1, -0.05) is 23.4 Å². The van der Waals surface area contributed by atoms with E-state index in [9.17, 15) is 0 Å². The zero-order chi connectivity index (χ0) is 14.4. The van der Waals surface area contributed by atoms with Gasteiger partial charge in [0.2, 0.25) is 5.16 Å². The van der Waals surface area contributed by atoms with Crippen molar-refractivity contribution in [3.63, 3.8) is 0 Å². The molecule has 1 aromatic heterocycles. The fourth-order valence-corrected chi connectivity index (χ4v) is 2.23. The highest BCUT2D eigenvalue weighted by Crippen LogP contribution is 2.21. The van der Waals surface area contributed by atoms with Gasteiger partial charge >= 0.3 is 0 Å². The third kappa shape index (κ3) is 4.15. The first-order valence-electron chi connectivity index (χ1n) is 5.99. The number of aryl methyl sites for hydroxylation is 1. The monoisotopic (exact) mass is 308 g/mol. The molecule has 2 rings (SSSR count). The summed E-state index contributed by atoms with van der Waals surface area (Å²) in [6.07, 6.45) is 0.481. The number of halogens is 1. The number of ether oxygens (including phenoxy) is 1. The average molecular weight is 309 g/mol. The fraction of sp³-hybridized carbons (Fsp3) is 0.308. The Bertz CT molecular complexity index is 623. The van der Waals surface area contributed by atoms with Crippen LogP contribution in [0.5, 0.6) is 5.75 Å². The van der Waals surface area contributed by atoms with E-state index in [1.54, 1.807) is 6.07 Å². The molecule has 5 nitrogen and oxygen atoms in total. The number of aromatic amines is 1. The minimum Gasteiger partial charge on any atom is -0.486 e. The van der Waals surface area contributed by atoms with Crippen molar-refractivity contribution >= 4 is 23.4 Å². The molecular weight excluding hydrogens is 296 g/mol. The second-order valence-electron chi connectivity index (χ2n) is 4.02. The van der Waals surface area contributed by atoms with Gasteiger partial charge in [0.15, 0.2) is 5.82 Å². The Labute approximate surface area is 126 Å². The van der Waals surface area contributed by atoms with E-state index in [1.807, 2.05) is 19.1 Å². The smallest absolute Gasteiger partial charge is 0.208 e. The largest absolute Gasteiger partial charge is 0.486 e. The molecule has 0 aliphatic heterocycles. The van der Waals surface area contributed by atoms with Gasteiger partial charge in [-0.05, 0) is 30.7 Å². The molecule has 0 bridgehead atoms. The third-order valence-corrected chi connectivity index (χ3v) is 3.73. The summed E-state index contributed by atoms with van der Waals surface area (Å²) in [5, 5.41) is 16.7. The maximum Gasteiger partial charge on any atom is 0.208 e. The van der Waals surface area contributed by atoms with Crippen LogP contribution in [0.2, 0.25) is 5.02 Å². The van der Waals surface area contributed by atoms with E-state index in [4.69, 9.17) is 21.6 Å². The Morgan fingerprint density at radius 2 is 2.35 bits per heavy atom. The van der Waals surface area contributed by atoms with Crippen LogP contribution in [0.3, 0.4) is 0 Å². The van der Waals surface area contributed by atoms with Gasteiger partial charge < -0.3 is 4.74 Å². The summed E-state index contributed by atoms with van der Waals surface area (Å²) in [7, 11) is 0. The van der Waals surface area contributed by atoms with Crippen LogP contribution in [0.4, 0.5) is 0 Å². The third-order valence-electron chi connectivity index (χ3n) is 2.46. The molecule has 7 heteroatoms. The van der Waals surface area contributed by atoms with Crippen LogP contribution in [-0.4, -0.2) is 20.9 Å². The van der Waals surface area contributed by atoms with E-state index in [0.717, 1.165) is 11.3 Å². The van der Waals surface area contributed by atoms with E-state index >= 15 is 0 Å². The van der Waals surface area contributed by atoms with Crippen molar-refractivity contribution in [2.75, 3.05) is 5.75 Å². The number of hydrogen-bond donors (Lipinski definition) is 1. The highest BCUT2D eigenvalue weighted by atomic mass is 35.5. The summed E-state index contributed by atoms with van der Waals surface area (Å²) >= 11 is 7.39. The van der Waals surface area contributed by atoms with Gasteiger partial charge in [-0.2, -0.15) is 5.26 Å². The van der Waals surface area contributed by atoms with Gasteiger partial charge in [0, 0.05) is 17.2 Å². The van der Waals surface area contributed by atoms with E-state index in [0.29, 0.717) is 34.8 Å². The number of hydrogen-bond acceptors (Lipinski definition) is 5. The molecule has 0 radical (unpaired) electrons. The lowest BCUT2D eigenvalue weighted by Gasteiger charge is -2.05. The van der Waals surface area contributed by atoms with Gasteiger partial charge in [0.25, 0.3) is 0 Å². The van der Waals surface area contributed by atoms with Crippen molar-refractivity contribution < 1.29 is 4.74 Å².